The molecule has 3 rings (SSSR count). The molecule has 2 aromatic carbocycles. The highest BCUT2D eigenvalue weighted by atomic mass is 32.2. The van der Waals surface area contributed by atoms with Crippen LogP contribution in [0, 0.1) is 11.3 Å². The van der Waals surface area contributed by atoms with Crippen molar-refractivity contribution in [2.75, 3.05) is 11.5 Å². The third-order valence-electron chi connectivity index (χ3n) is 6.54. The minimum absolute atomic E-state index is 0.0266. The van der Waals surface area contributed by atoms with Crippen LogP contribution in [-0.2, 0) is 9.84 Å². The molecule has 0 fully saturated rings. The first-order valence-electron chi connectivity index (χ1n) is 10.0. The average Bonchev–Trinajstić information content (AvgIpc) is 2.72. The molecule has 0 aromatic heterocycles. The molecule has 3 nitrogen and oxygen atoms in total. The van der Waals surface area contributed by atoms with Crippen LogP contribution < -0.4 is 5.73 Å². The van der Waals surface area contributed by atoms with Crippen molar-refractivity contribution in [2.45, 2.75) is 57.3 Å². The van der Waals surface area contributed by atoms with Crippen molar-refractivity contribution in [1.29, 1.82) is 0 Å². The van der Waals surface area contributed by atoms with Gasteiger partial charge in [0.1, 0.15) is 0 Å². The molecule has 1 aliphatic rings. The van der Waals surface area contributed by atoms with Crippen molar-refractivity contribution in [1.82, 2.24) is 0 Å². The van der Waals surface area contributed by atoms with E-state index < -0.39 is 9.84 Å². The maximum absolute atomic E-state index is 13.4. The second-order valence-electron chi connectivity index (χ2n) is 8.05. The third kappa shape index (κ3) is 3.64. The molecule has 4 heteroatoms. The average molecular weight is 386 g/mol. The van der Waals surface area contributed by atoms with Gasteiger partial charge in [-0.1, -0.05) is 63.9 Å². The predicted octanol–water partition coefficient (Wildman–Crippen LogP) is 5.41. The van der Waals surface area contributed by atoms with E-state index in [0.29, 0.717) is 10.6 Å². The standard InChI is InChI=1S/C23H31NO2S/c1-4-6-14-23(5-2)16-27(25,26)21-13-12-19(24)15-20(21)22(17(23)3)18-10-8-7-9-11-18/h7-13,15,17,22H,4-6,14,16,24H2,1-3H3/t17-,22-,23-/m1/s1. The number of anilines is 1. The fourth-order valence-corrected chi connectivity index (χ4v) is 7.21. The lowest BCUT2D eigenvalue weighted by molar-refractivity contribution is 0.160. The summed E-state index contributed by atoms with van der Waals surface area (Å²) >= 11 is 0. The summed E-state index contributed by atoms with van der Waals surface area (Å²) in [6.45, 7) is 6.56. The van der Waals surface area contributed by atoms with Crippen LogP contribution in [0.5, 0.6) is 0 Å². The molecule has 0 saturated heterocycles. The van der Waals surface area contributed by atoms with Crippen molar-refractivity contribution in [3.63, 3.8) is 0 Å². The number of fused-ring (bicyclic) bond motifs is 1. The molecule has 3 atom stereocenters. The van der Waals surface area contributed by atoms with Gasteiger partial charge in [0.05, 0.1) is 10.6 Å². The number of benzene rings is 2. The first-order valence-corrected chi connectivity index (χ1v) is 11.7. The quantitative estimate of drug-likeness (QED) is 0.700. The summed E-state index contributed by atoms with van der Waals surface area (Å²) in [6, 6.07) is 15.6. The van der Waals surface area contributed by atoms with E-state index in [1.54, 1.807) is 12.1 Å². The Balaban J connectivity index is 2.28. The van der Waals surface area contributed by atoms with Crippen LogP contribution in [0.3, 0.4) is 0 Å². The fourth-order valence-electron chi connectivity index (χ4n) is 4.86. The minimum atomic E-state index is -3.37. The topological polar surface area (TPSA) is 60.2 Å². The monoisotopic (exact) mass is 385 g/mol. The maximum Gasteiger partial charge on any atom is 0.179 e. The first-order chi connectivity index (χ1) is 12.8. The molecule has 0 radical (unpaired) electrons. The van der Waals surface area contributed by atoms with Gasteiger partial charge in [0.2, 0.25) is 0 Å². The molecular formula is C23H31NO2S. The molecule has 0 unspecified atom stereocenters. The van der Waals surface area contributed by atoms with E-state index >= 15 is 0 Å². The zero-order chi connectivity index (χ0) is 19.7. The fraction of sp³-hybridized carbons (Fsp3) is 0.478. The van der Waals surface area contributed by atoms with Gasteiger partial charge in [0, 0.05) is 11.6 Å². The molecule has 146 valence electrons. The number of sulfone groups is 1. The zero-order valence-electron chi connectivity index (χ0n) is 16.6. The molecule has 1 aliphatic heterocycles. The molecule has 0 bridgehead atoms. The summed E-state index contributed by atoms with van der Waals surface area (Å²) in [7, 11) is -3.37. The van der Waals surface area contributed by atoms with Crippen LogP contribution in [0.4, 0.5) is 5.69 Å². The molecule has 2 N–H and O–H groups in total. The summed E-state index contributed by atoms with van der Waals surface area (Å²) in [4.78, 5) is 0.462. The van der Waals surface area contributed by atoms with Crippen molar-refractivity contribution < 1.29 is 8.42 Å². The van der Waals surface area contributed by atoms with Gasteiger partial charge >= 0.3 is 0 Å². The van der Waals surface area contributed by atoms with Crippen molar-refractivity contribution >= 4 is 15.5 Å². The number of nitrogens with two attached hydrogens (primary N) is 1. The maximum atomic E-state index is 13.4. The van der Waals surface area contributed by atoms with Gasteiger partial charge in [-0.3, -0.25) is 0 Å². The lowest BCUT2D eigenvalue weighted by Gasteiger charge is -2.41. The summed E-state index contributed by atoms with van der Waals surface area (Å²) in [5, 5.41) is 0. The Bertz CT molecular complexity index is 892. The highest BCUT2D eigenvalue weighted by Gasteiger charge is 2.47. The van der Waals surface area contributed by atoms with Crippen LogP contribution in [0.25, 0.3) is 0 Å². The molecular weight excluding hydrogens is 354 g/mol. The number of unbranched alkanes of at least 4 members (excludes halogenated alkanes) is 1. The van der Waals surface area contributed by atoms with Gasteiger partial charge in [-0.25, -0.2) is 8.42 Å². The lowest BCUT2D eigenvalue weighted by atomic mass is 9.64. The van der Waals surface area contributed by atoms with Crippen molar-refractivity contribution in [3.05, 3.63) is 59.7 Å². The lowest BCUT2D eigenvalue weighted by Crippen LogP contribution is -2.37. The first kappa shape index (κ1) is 19.9. The van der Waals surface area contributed by atoms with Crippen molar-refractivity contribution in [2.24, 2.45) is 11.3 Å². The second-order valence-corrected chi connectivity index (χ2v) is 10.0. The molecule has 2 aromatic rings. The molecule has 0 spiro atoms. The van der Waals surface area contributed by atoms with Gasteiger partial charge in [-0.15, -0.1) is 0 Å². The SMILES string of the molecule is CCCC[C@]1(CC)CS(=O)(=O)c2ccc(N)cc2[C@@H](c2ccccc2)[C@H]1C. The third-order valence-corrected chi connectivity index (χ3v) is 8.54. The predicted molar refractivity (Wildman–Crippen MR) is 113 cm³/mol. The van der Waals surface area contributed by atoms with Gasteiger partial charge in [-0.05, 0) is 53.5 Å². The van der Waals surface area contributed by atoms with E-state index in [9.17, 15) is 8.42 Å². The van der Waals surface area contributed by atoms with Crippen LogP contribution in [-0.4, -0.2) is 14.2 Å². The summed E-state index contributed by atoms with van der Waals surface area (Å²) < 4.78 is 26.8. The molecule has 0 aliphatic carbocycles. The van der Waals surface area contributed by atoms with Crippen LogP contribution in [0.2, 0.25) is 0 Å². The summed E-state index contributed by atoms with van der Waals surface area (Å²) in [6.07, 6.45) is 3.92. The Hall–Kier alpha value is -1.81. The molecule has 27 heavy (non-hydrogen) atoms. The highest BCUT2D eigenvalue weighted by molar-refractivity contribution is 7.91. The van der Waals surface area contributed by atoms with Crippen LogP contribution >= 0.6 is 0 Å². The van der Waals surface area contributed by atoms with E-state index in [1.807, 2.05) is 24.3 Å². The molecule has 0 amide bonds. The van der Waals surface area contributed by atoms with Crippen LogP contribution in [0.1, 0.15) is 63.5 Å². The minimum Gasteiger partial charge on any atom is -0.399 e. The van der Waals surface area contributed by atoms with Crippen LogP contribution in [0.15, 0.2) is 53.4 Å². The largest absolute Gasteiger partial charge is 0.399 e. The Kier molecular flexibility index (Phi) is 5.66. The molecule has 0 saturated carbocycles. The van der Waals surface area contributed by atoms with E-state index in [0.717, 1.165) is 31.2 Å². The van der Waals surface area contributed by atoms with E-state index in [4.69, 9.17) is 5.73 Å². The number of hydrogen-bond acceptors (Lipinski definition) is 3. The van der Waals surface area contributed by atoms with Crippen molar-refractivity contribution in [3.8, 4) is 0 Å². The van der Waals surface area contributed by atoms with E-state index in [2.05, 4.69) is 32.9 Å². The van der Waals surface area contributed by atoms with Gasteiger partial charge < -0.3 is 5.73 Å². The Morgan fingerprint density at radius 2 is 1.81 bits per heavy atom. The number of rotatable bonds is 5. The molecule has 1 heterocycles. The van der Waals surface area contributed by atoms with E-state index in [-0.39, 0.29) is 23.0 Å². The normalized spacial score (nSPS) is 26.9. The Morgan fingerprint density at radius 3 is 2.44 bits per heavy atom. The van der Waals surface area contributed by atoms with Gasteiger partial charge in [0.15, 0.2) is 9.84 Å². The summed E-state index contributed by atoms with van der Waals surface area (Å²) in [5.41, 5.74) is 8.51. The van der Waals surface area contributed by atoms with E-state index in [1.165, 1.54) is 5.56 Å². The highest BCUT2D eigenvalue weighted by Crippen LogP contribution is 2.52. The zero-order valence-corrected chi connectivity index (χ0v) is 17.4. The Morgan fingerprint density at radius 1 is 1.11 bits per heavy atom. The second kappa shape index (κ2) is 7.67. The van der Waals surface area contributed by atoms with Gasteiger partial charge in [0.25, 0.3) is 0 Å². The smallest absolute Gasteiger partial charge is 0.179 e. The summed E-state index contributed by atoms with van der Waals surface area (Å²) in [5.74, 6) is 0.450. The number of nitrogen functional groups attached to an aromatic ring is 1. The van der Waals surface area contributed by atoms with Gasteiger partial charge in [-0.2, -0.15) is 0 Å². The Labute approximate surface area is 163 Å². The number of hydrogen-bond donors (Lipinski definition) is 1.